The van der Waals surface area contributed by atoms with E-state index in [9.17, 15) is 0 Å². The maximum absolute atomic E-state index is 5.98. The zero-order valence-electron chi connectivity index (χ0n) is 18.7. The van der Waals surface area contributed by atoms with E-state index < -0.39 is 0 Å². The van der Waals surface area contributed by atoms with Gasteiger partial charge in [-0.25, -0.2) is 0 Å². The van der Waals surface area contributed by atoms with E-state index in [1.54, 1.807) is 0 Å². The fourth-order valence-corrected chi connectivity index (χ4v) is 4.84. The average Bonchev–Trinajstić information content (AvgIpc) is 3.34. The number of benzene rings is 3. The molecule has 0 bridgehead atoms. The lowest BCUT2D eigenvalue weighted by Gasteiger charge is -2.37. The number of hydrogen-bond acceptors (Lipinski definition) is 3. The molecule has 0 saturated heterocycles. The molecule has 3 aromatic rings. The van der Waals surface area contributed by atoms with Gasteiger partial charge in [0.25, 0.3) is 0 Å². The van der Waals surface area contributed by atoms with E-state index >= 15 is 0 Å². The van der Waals surface area contributed by atoms with E-state index in [1.165, 1.54) is 22.4 Å². The molecule has 0 radical (unpaired) electrons. The van der Waals surface area contributed by atoms with Crippen LogP contribution in [0.2, 0.25) is 0 Å². The Bertz CT molecular complexity index is 1060. The molecule has 0 amide bonds. The molecule has 1 aliphatic carbocycles. The molecule has 1 aliphatic heterocycles. The van der Waals surface area contributed by atoms with Crippen molar-refractivity contribution in [2.45, 2.75) is 44.8 Å². The van der Waals surface area contributed by atoms with Crippen LogP contribution in [0.15, 0.2) is 84.9 Å². The lowest BCUT2D eigenvalue weighted by Crippen LogP contribution is -2.29. The van der Waals surface area contributed by atoms with Gasteiger partial charge in [0.15, 0.2) is 0 Å². The lowest BCUT2D eigenvalue weighted by molar-refractivity contribution is 0.306. The van der Waals surface area contributed by atoms with Crippen molar-refractivity contribution >= 4 is 5.69 Å². The summed E-state index contributed by atoms with van der Waals surface area (Å²) in [5.74, 6) is 2.84. The highest BCUT2D eigenvalue weighted by Crippen LogP contribution is 2.50. The lowest BCUT2D eigenvalue weighted by atomic mass is 9.77. The van der Waals surface area contributed by atoms with Crippen molar-refractivity contribution in [1.29, 1.82) is 0 Å². The molecule has 0 aromatic heterocycles. The van der Waals surface area contributed by atoms with Crippen LogP contribution in [0.4, 0.5) is 5.69 Å². The Kier molecular flexibility index (Phi) is 6.15. The largest absolute Gasteiger partial charge is 0.494 e. The van der Waals surface area contributed by atoms with Gasteiger partial charge in [0.1, 0.15) is 18.1 Å². The molecule has 2 aliphatic rings. The zero-order valence-corrected chi connectivity index (χ0v) is 18.7. The van der Waals surface area contributed by atoms with Gasteiger partial charge in [-0.1, -0.05) is 68.0 Å². The smallest absolute Gasteiger partial charge is 0.119 e. The van der Waals surface area contributed by atoms with Gasteiger partial charge in [0.05, 0.1) is 12.6 Å². The van der Waals surface area contributed by atoms with Crippen molar-refractivity contribution in [3.8, 4) is 11.5 Å². The predicted molar refractivity (Wildman–Crippen MR) is 130 cm³/mol. The Morgan fingerprint density at radius 2 is 1.72 bits per heavy atom. The number of ether oxygens (including phenoxy) is 2. The number of hydrogen-bond donors (Lipinski definition) is 1. The molecule has 3 atom stereocenters. The van der Waals surface area contributed by atoms with E-state index in [-0.39, 0.29) is 6.04 Å². The normalized spacial score (nSPS) is 20.8. The van der Waals surface area contributed by atoms with Gasteiger partial charge in [-0.3, -0.25) is 0 Å². The van der Waals surface area contributed by atoms with Gasteiger partial charge in [0.2, 0.25) is 0 Å². The minimum atomic E-state index is 0.289. The summed E-state index contributed by atoms with van der Waals surface area (Å²) in [6, 6.07) is 25.7. The summed E-state index contributed by atoms with van der Waals surface area (Å²) in [6.45, 7) is 3.57. The van der Waals surface area contributed by atoms with Crippen molar-refractivity contribution in [1.82, 2.24) is 0 Å². The molecule has 3 nitrogen and oxygen atoms in total. The summed E-state index contributed by atoms with van der Waals surface area (Å²) in [5.41, 5.74) is 5.07. The molecule has 0 saturated carbocycles. The van der Waals surface area contributed by atoms with Crippen molar-refractivity contribution in [2.24, 2.45) is 5.92 Å². The van der Waals surface area contributed by atoms with E-state index in [0.29, 0.717) is 18.4 Å². The SMILES string of the molecule is CCCCOc1ccc2c(c1)C1C=CCC1C(c1ccc(OCc3ccccc3)cc1)N2. The second kappa shape index (κ2) is 9.52. The van der Waals surface area contributed by atoms with Gasteiger partial charge in [-0.2, -0.15) is 0 Å². The van der Waals surface area contributed by atoms with Crippen LogP contribution in [0.5, 0.6) is 11.5 Å². The Morgan fingerprint density at radius 1 is 0.906 bits per heavy atom. The standard InChI is InChI=1S/C29H31NO2/c1-2-3-18-31-24-16-17-28-27(19-24)25-10-7-11-26(25)29(30-28)22-12-14-23(15-13-22)32-20-21-8-5-4-6-9-21/h4-10,12-17,19,25-26,29-30H,2-3,11,18,20H2,1H3. The Labute approximate surface area is 191 Å². The third-order valence-electron chi connectivity index (χ3n) is 6.59. The minimum Gasteiger partial charge on any atom is -0.494 e. The molecule has 3 aromatic carbocycles. The van der Waals surface area contributed by atoms with E-state index in [0.717, 1.165) is 37.4 Å². The van der Waals surface area contributed by atoms with Crippen molar-refractivity contribution in [3.05, 3.63) is 102 Å². The summed E-state index contributed by atoms with van der Waals surface area (Å²) in [7, 11) is 0. The summed E-state index contributed by atoms with van der Waals surface area (Å²) in [5, 5.41) is 3.82. The highest BCUT2D eigenvalue weighted by Gasteiger charge is 2.38. The van der Waals surface area contributed by atoms with Crippen molar-refractivity contribution in [2.75, 3.05) is 11.9 Å². The van der Waals surface area contributed by atoms with Crippen LogP contribution in [0.3, 0.4) is 0 Å². The number of fused-ring (bicyclic) bond motifs is 3. The molecular formula is C29H31NO2. The van der Waals surface area contributed by atoms with E-state index in [4.69, 9.17) is 9.47 Å². The molecule has 1 N–H and O–H groups in total. The van der Waals surface area contributed by atoms with E-state index in [2.05, 4.69) is 79.0 Å². The first kappa shape index (κ1) is 20.7. The maximum atomic E-state index is 5.98. The first-order valence-corrected chi connectivity index (χ1v) is 11.8. The fourth-order valence-electron chi connectivity index (χ4n) is 4.84. The Hall–Kier alpha value is -3.20. The van der Waals surface area contributed by atoms with E-state index in [1.807, 2.05) is 18.2 Å². The van der Waals surface area contributed by atoms with Gasteiger partial charge >= 0.3 is 0 Å². The van der Waals surface area contributed by atoms with Crippen LogP contribution in [0.25, 0.3) is 0 Å². The molecule has 5 rings (SSSR count). The predicted octanol–water partition coefficient (Wildman–Crippen LogP) is 7.27. The summed E-state index contributed by atoms with van der Waals surface area (Å²) < 4.78 is 12.0. The molecule has 1 heterocycles. The molecule has 0 fully saturated rings. The molecule has 3 unspecified atom stereocenters. The Morgan fingerprint density at radius 3 is 2.53 bits per heavy atom. The topological polar surface area (TPSA) is 30.5 Å². The molecule has 32 heavy (non-hydrogen) atoms. The van der Waals surface area contributed by atoms with Gasteiger partial charge in [-0.05, 0) is 65.8 Å². The van der Waals surface area contributed by atoms with Crippen LogP contribution in [0, 0.1) is 5.92 Å². The van der Waals surface area contributed by atoms with Gasteiger partial charge in [0, 0.05) is 11.6 Å². The highest BCUT2D eigenvalue weighted by molar-refractivity contribution is 5.61. The second-order valence-electron chi connectivity index (χ2n) is 8.77. The third kappa shape index (κ3) is 4.38. The number of unbranched alkanes of at least 4 members (excludes halogenated alkanes) is 1. The fraction of sp³-hybridized carbons (Fsp3) is 0.310. The zero-order chi connectivity index (χ0) is 21.8. The first-order valence-electron chi connectivity index (χ1n) is 11.8. The molecule has 3 heteroatoms. The third-order valence-corrected chi connectivity index (χ3v) is 6.59. The van der Waals surface area contributed by atoms with Crippen LogP contribution >= 0.6 is 0 Å². The van der Waals surface area contributed by atoms with Gasteiger partial charge < -0.3 is 14.8 Å². The van der Waals surface area contributed by atoms with Crippen LogP contribution in [0.1, 0.15) is 54.8 Å². The highest BCUT2D eigenvalue weighted by atomic mass is 16.5. The molecule has 0 spiro atoms. The Balaban J connectivity index is 1.31. The van der Waals surface area contributed by atoms with Crippen LogP contribution in [-0.2, 0) is 6.61 Å². The number of anilines is 1. The van der Waals surface area contributed by atoms with Crippen molar-refractivity contribution < 1.29 is 9.47 Å². The second-order valence-corrected chi connectivity index (χ2v) is 8.77. The monoisotopic (exact) mass is 425 g/mol. The van der Waals surface area contributed by atoms with Crippen LogP contribution in [-0.4, -0.2) is 6.61 Å². The number of allylic oxidation sites excluding steroid dienone is 2. The maximum Gasteiger partial charge on any atom is 0.119 e. The minimum absolute atomic E-state index is 0.289. The van der Waals surface area contributed by atoms with Gasteiger partial charge in [-0.15, -0.1) is 0 Å². The molecular weight excluding hydrogens is 394 g/mol. The summed E-state index contributed by atoms with van der Waals surface area (Å²) in [4.78, 5) is 0. The van der Waals surface area contributed by atoms with Crippen LogP contribution < -0.4 is 14.8 Å². The summed E-state index contributed by atoms with van der Waals surface area (Å²) >= 11 is 0. The molecule has 164 valence electrons. The number of rotatable bonds is 8. The summed E-state index contributed by atoms with van der Waals surface area (Å²) in [6.07, 6.45) is 8.05. The van der Waals surface area contributed by atoms with Crippen molar-refractivity contribution in [3.63, 3.8) is 0 Å². The quantitative estimate of drug-likeness (QED) is 0.304. The first-order chi connectivity index (χ1) is 15.8. The number of nitrogens with one attached hydrogen (secondary N) is 1. The average molecular weight is 426 g/mol.